The highest BCUT2D eigenvalue weighted by molar-refractivity contribution is 7.91. The minimum absolute atomic E-state index is 0.115. The number of carbonyl (C=O) groups is 1. The Morgan fingerprint density at radius 2 is 2.14 bits per heavy atom. The van der Waals surface area contributed by atoms with E-state index in [-0.39, 0.29) is 18.4 Å². The van der Waals surface area contributed by atoms with Gasteiger partial charge < -0.3 is 10.1 Å². The third-order valence-corrected chi connectivity index (χ3v) is 8.08. The summed E-state index contributed by atoms with van der Waals surface area (Å²) < 4.78 is 32.9. The summed E-state index contributed by atoms with van der Waals surface area (Å²) >= 11 is 1.20. The fourth-order valence-electron chi connectivity index (χ4n) is 3.25. The van der Waals surface area contributed by atoms with Crippen LogP contribution in [-0.4, -0.2) is 44.9 Å². The van der Waals surface area contributed by atoms with E-state index in [0.29, 0.717) is 36.7 Å². The molecule has 0 unspecified atom stereocenters. The molecule has 1 N–H and O–H groups in total. The highest BCUT2D eigenvalue weighted by atomic mass is 32.2. The second-order valence-corrected chi connectivity index (χ2v) is 10.2. The second-order valence-electron chi connectivity index (χ2n) is 7.04. The van der Waals surface area contributed by atoms with E-state index in [0.717, 1.165) is 16.9 Å². The van der Waals surface area contributed by atoms with Gasteiger partial charge in [0.15, 0.2) is 0 Å². The van der Waals surface area contributed by atoms with E-state index in [1.165, 1.54) is 15.6 Å². The lowest BCUT2D eigenvalue weighted by Crippen LogP contribution is -2.45. The van der Waals surface area contributed by atoms with Crippen LogP contribution in [0.5, 0.6) is 5.75 Å². The number of hydrogen-bond acceptors (Lipinski definition) is 5. The summed E-state index contributed by atoms with van der Waals surface area (Å²) in [6.45, 7) is 5.44. The van der Waals surface area contributed by atoms with Crippen LogP contribution in [0.25, 0.3) is 0 Å². The van der Waals surface area contributed by atoms with Gasteiger partial charge in [-0.15, -0.1) is 11.3 Å². The van der Waals surface area contributed by atoms with Gasteiger partial charge in [0.25, 0.3) is 10.0 Å². The van der Waals surface area contributed by atoms with Gasteiger partial charge in [0, 0.05) is 13.1 Å². The van der Waals surface area contributed by atoms with Crippen molar-refractivity contribution < 1.29 is 17.9 Å². The van der Waals surface area contributed by atoms with E-state index < -0.39 is 10.0 Å². The SMILES string of the molecule is Cc1ccc(C)c(OCCNC(=O)[C@H]2CCCN(S(=O)(=O)c3cccs3)C2)c1. The zero-order valence-electron chi connectivity index (χ0n) is 16.2. The molecule has 1 fully saturated rings. The standard InChI is InChI=1S/C20H26N2O4S2/c1-15-7-8-16(2)18(13-15)26-11-9-21-20(23)17-5-3-10-22(14-17)28(24,25)19-6-4-12-27-19/h4,6-8,12-13,17H,3,5,9-11,14H2,1-2H3,(H,21,23)/t17-/m0/s1. The molecule has 6 nitrogen and oxygen atoms in total. The molecule has 3 rings (SSSR count). The van der Waals surface area contributed by atoms with Crippen molar-refractivity contribution >= 4 is 27.3 Å². The molecule has 152 valence electrons. The zero-order chi connectivity index (χ0) is 20.1. The summed E-state index contributed by atoms with van der Waals surface area (Å²) in [4.78, 5) is 12.5. The van der Waals surface area contributed by atoms with E-state index in [9.17, 15) is 13.2 Å². The first-order valence-corrected chi connectivity index (χ1v) is 11.7. The predicted octanol–water partition coefficient (Wildman–Crippen LogP) is 2.96. The molecule has 0 bridgehead atoms. The van der Waals surface area contributed by atoms with Crippen molar-refractivity contribution in [2.24, 2.45) is 5.92 Å². The number of ether oxygens (including phenoxy) is 1. The molecule has 1 saturated heterocycles. The minimum atomic E-state index is -3.51. The summed E-state index contributed by atoms with van der Waals surface area (Å²) in [6, 6.07) is 9.35. The summed E-state index contributed by atoms with van der Waals surface area (Å²) in [6.07, 6.45) is 1.38. The molecule has 8 heteroatoms. The number of amides is 1. The molecule has 1 atom stereocenters. The van der Waals surface area contributed by atoms with Crippen LogP contribution in [0.15, 0.2) is 39.9 Å². The highest BCUT2D eigenvalue weighted by Crippen LogP contribution is 2.26. The van der Waals surface area contributed by atoms with Gasteiger partial charge in [-0.05, 0) is 55.3 Å². The first-order chi connectivity index (χ1) is 13.4. The molecule has 1 aromatic carbocycles. The molecule has 0 saturated carbocycles. The van der Waals surface area contributed by atoms with Gasteiger partial charge in [0.2, 0.25) is 5.91 Å². The van der Waals surface area contributed by atoms with E-state index in [1.807, 2.05) is 32.0 Å². The zero-order valence-corrected chi connectivity index (χ0v) is 17.8. The molecule has 0 spiro atoms. The summed E-state index contributed by atoms with van der Waals surface area (Å²) in [7, 11) is -3.51. The van der Waals surface area contributed by atoms with Gasteiger partial charge >= 0.3 is 0 Å². The maximum Gasteiger partial charge on any atom is 0.252 e. The molecule has 2 heterocycles. The number of aryl methyl sites for hydroxylation is 2. The fraction of sp³-hybridized carbons (Fsp3) is 0.450. The van der Waals surface area contributed by atoms with Crippen molar-refractivity contribution in [1.82, 2.24) is 9.62 Å². The first kappa shape index (κ1) is 20.8. The monoisotopic (exact) mass is 422 g/mol. The molecule has 1 amide bonds. The van der Waals surface area contributed by atoms with Crippen LogP contribution in [-0.2, 0) is 14.8 Å². The number of nitrogens with one attached hydrogen (secondary N) is 1. The van der Waals surface area contributed by atoms with Crippen LogP contribution in [0.4, 0.5) is 0 Å². The van der Waals surface area contributed by atoms with Crippen molar-refractivity contribution in [2.75, 3.05) is 26.2 Å². The lowest BCUT2D eigenvalue weighted by molar-refractivity contribution is -0.126. The Bertz CT molecular complexity index is 910. The Morgan fingerprint density at radius 3 is 2.89 bits per heavy atom. The minimum Gasteiger partial charge on any atom is -0.491 e. The van der Waals surface area contributed by atoms with E-state index in [1.54, 1.807) is 17.5 Å². The number of hydrogen-bond donors (Lipinski definition) is 1. The smallest absolute Gasteiger partial charge is 0.252 e. The Kier molecular flexibility index (Phi) is 6.74. The van der Waals surface area contributed by atoms with Crippen LogP contribution >= 0.6 is 11.3 Å². The summed E-state index contributed by atoms with van der Waals surface area (Å²) in [5, 5.41) is 4.63. The quantitative estimate of drug-likeness (QED) is 0.696. The van der Waals surface area contributed by atoms with Crippen LogP contribution in [0.3, 0.4) is 0 Å². The second kappa shape index (κ2) is 9.07. The van der Waals surface area contributed by atoms with Crippen molar-refractivity contribution in [3.8, 4) is 5.75 Å². The number of thiophene rings is 1. The fourth-order valence-corrected chi connectivity index (χ4v) is 5.92. The third-order valence-electron chi connectivity index (χ3n) is 4.85. The Hall–Kier alpha value is -1.90. The van der Waals surface area contributed by atoms with Crippen molar-refractivity contribution in [3.05, 3.63) is 46.8 Å². The molecule has 1 aliphatic heterocycles. The van der Waals surface area contributed by atoms with Crippen molar-refractivity contribution in [1.29, 1.82) is 0 Å². The number of sulfonamides is 1. The Morgan fingerprint density at radius 1 is 1.32 bits per heavy atom. The van der Waals surface area contributed by atoms with E-state index in [2.05, 4.69) is 5.32 Å². The summed E-state index contributed by atoms with van der Waals surface area (Å²) in [5.41, 5.74) is 2.18. The van der Waals surface area contributed by atoms with Gasteiger partial charge in [0.05, 0.1) is 12.5 Å². The molecular formula is C20H26N2O4S2. The van der Waals surface area contributed by atoms with Gasteiger partial charge in [-0.2, -0.15) is 4.31 Å². The molecule has 1 aromatic heterocycles. The van der Waals surface area contributed by atoms with Crippen LogP contribution in [0.2, 0.25) is 0 Å². The maximum atomic E-state index is 12.7. The van der Waals surface area contributed by atoms with Crippen molar-refractivity contribution in [2.45, 2.75) is 30.9 Å². The molecule has 0 radical (unpaired) electrons. The molecular weight excluding hydrogens is 396 g/mol. The van der Waals surface area contributed by atoms with Gasteiger partial charge in [0.1, 0.15) is 16.6 Å². The lowest BCUT2D eigenvalue weighted by atomic mass is 9.99. The number of piperidine rings is 1. The summed E-state index contributed by atoms with van der Waals surface area (Å²) in [5.74, 6) is 0.375. The van der Waals surface area contributed by atoms with Gasteiger partial charge in [-0.3, -0.25) is 4.79 Å². The molecule has 2 aromatic rings. The Labute approximate surface area is 170 Å². The largest absolute Gasteiger partial charge is 0.491 e. The molecule has 28 heavy (non-hydrogen) atoms. The van der Waals surface area contributed by atoms with E-state index >= 15 is 0 Å². The van der Waals surface area contributed by atoms with Crippen LogP contribution in [0, 0.1) is 19.8 Å². The molecule has 1 aliphatic rings. The van der Waals surface area contributed by atoms with Crippen molar-refractivity contribution in [3.63, 3.8) is 0 Å². The first-order valence-electron chi connectivity index (χ1n) is 9.39. The lowest BCUT2D eigenvalue weighted by Gasteiger charge is -2.30. The third kappa shape index (κ3) is 4.92. The number of benzene rings is 1. The topological polar surface area (TPSA) is 75.7 Å². The highest BCUT2D eigenvalue weighted by Gasteiger charge is 2.33. The average Bonchev–Trinajstić information content (AvgIpc) is 3.23. The number of carbonyl (C=O) groups excluding carboxylic acids is 1. The van der Waals surface area contributed by atoms with Crippen LogP contribution in [0.1, 0.15) is 24.0 Å². The van der Waals surface area contributed by atoms with Crippen LogP contribution < -0.4 is 10.1 Å². The maximum absolute atomic E-state index is 12.7. The van der Waals surface area contributed by atoms with E-state index in [4.69, 9.17) is 4.74 Å². The van der Waals surface area contributed by atoms with Gasteiger partial charge in [-0.25, -0.2) is 8.42 Å². The normalized spacial score (nSPS) is 18.0. The number of rotatable bonds is 7. The number of nitrogens with zero attached hydrogens (tertiary/aromatic N) is 1. The Balaban J connectivity index is 1.50. The molecule has 0 aliphatic carbocycles. The average molecular weight is 423 g/mol. The van der Waals surface area contributed by atoms with Gasteiger partial charge in [-0.1, -0.05) is 18.2 Å². The predicted molar refractivity (Wildman–Crippen MR) is 110 cm³/mol.